The topological polar surface area (TPSA) is 46.2 Å². The molecule has 94 valence electrons. The van der Waals surface area contributed by atoms with Gasteiger partial charge in [-0.05, 0) is 25.5 Å². The highest BCUT2D eigenvalue weighted by atomic mass is 32.2. The zero-order valence-corrected chi connectivity index (χ0v) is 11.1. The first-order valence-electron chi connectivity index (χ1n) is 5.71. The maximum atomic E-state index is 12.0. The van der Waals surface area contributed by atoms with Crippen molar-refractivity contribution in [3.8, 4) is 0 Å². The molecule has 0 bridgehead atoms. The first-order valence-corrected chi connectivity index (χ1v) is 7.19. The summed E-state index contributed by atoms with van der Waals surface area (Å²) in [5.41, 5.74) is 1.04. The van der Waals surface area contributed by atoms with Crippen molar-refractivity contribution in [2.24, 2.45) is 0 Å². The van der Waals surface area contributed by atoms with Gasteiger partial charge < -0.3 is 0 Å². The van der Waals surface area contributed by atoms with E-state index < -0.39 is 10.0 Å². The number of nitrogens with one attached hydrogen (secondary N) is 1. The molecule has 1 rings (SSSR count). The van der Waals surface area contributed by atoms with Crippen LogP contribution in [0.5, 0.6) is 0 Å². The molecule has 0 aliphatic carbocycles. The summed E-state index contributed by atoms with van der Waals surface area (Å²) in [6, 6.07) is 6.61. The molecule has 1 atom stereocenters. The molecule has 0 saturated heterocycles. The van der Waals surface area contributed by atoms with E-state index in [0.29, 0.717) is 4.90 Å². The first kappa shape index (κ1) is 13.9. The molecule has 0 heterocycles. The average Bonchev–Trinajstić information content (AvgIpc) is 2.28. The van der Waals surface area contributed by atoms with Crippen LogP contribution in [0.3, 0.4) is 0 Å². The molecule has 0 fully saturated rings. The first-order chi connectivity index (χ1) is 7.99. The normalized spacial score (nSPS) is 13.3. The van der Waals surface area contributed by atoms with Crippen LogP contribution in [0.2, 0.25) is 0 Å². The molecule has 0 spiro atoms. The van der Waals surface area contributed by atoms with Gasteiger partial charge in [-0.3, -0.25) is 0 Å². The summed E-state index contributed by atoms with van der Waals surface area (Å²) in [6.45, 7) is 7.58. The van der Waals surface area contributed by atoms with Gasteiger partial charge in [-0.2, -0.15) is 0 Å². The van der Waals surface area contributed by atoms with Crippen LogP contribution in [0.25, 0.3) is 0 Å². The zero-order chi connectivity index (χ0) is 12.9. The summed E-state index contributed by atoms with van der Waals surface area (Å²) >= 11 is 0. The summed E-state index contributed by atoms with van der Waals surface area (Å²) < 4.78 is 26.7. The van der Waals surface area contributed by atoms with Gasteiger partial charge in [-0.25, -0.2) is 13.1 Å². The van der Waals surface area contributed by atoms with Gasteiger partial charge in [-0.1, -0.05) is 37.1 Å². The maximum absolute atomic E-state index is 12.0. The highest BCUT2D eigenvalue weighted by Gasteiger charge is 2.17. The molecule has 0 saturated carbocycles. The van der Waals surface area contributed by atoms with E-state index in [2.05, 4.69) is 11.3 Å². The zero-order valence-electron chi connectivity index (χ0n) is 10.3. The van der Waals surface area contributed by atoms with Crippen LogP contribution in [0, 0.1) is 6.92 Å². The van der Waals surface area contributed by atoms with E-state index in [-0.39, 0.29) is 6.04 Å². The summed E-state index contributed by atoms with van der Waals surface area (Å²) in [4.78, 5) is 0.297. The van der Waals surface area contributed by atoms with Crippen molar-refractivity contribution in [3.05, 3.63) is 42.5 Å². The second-order valence-electron chi connectivity index (χ2n) is 4.07. The minimum atomic E-state index is -3.43. The quantitative estimate of drug-likeness (QED) is 0.792. The number of rotatable bonds is 6. The van der Waals surface area contributed by atoms with Crippen molar-refractivity contribution in [1.82, 2.24) is 4.72 Å². The minimum absolute atomic E-state index is 0.202. The Morgan fingerprint density at radius 2 is 1.94 bits per heavy atom. The van der Waals surface area contributed by atoms with Gasteiger partial charge in [0.1, 0.15) is 0 Å². The third-order valence-corrected chi connectivity index (χ3v) is 4.03. The molecule has 1 aromatic carbocycles. The van der Waals surface area contributed by atoms with Gasteiger partial charge in [-0.15, -0.1) is 6.58 Å². The summed E-state index contributed by atoms with van der Waals surface area (Å²) in [5.74, 6) is 0. The highest BCUT2D eigenvalue weighted by molar-refractivity contribution is 7.89. The van der Waals surface area contributed by atoms with Crippen molar-refractivity contribution >= 4 is 10.0 Å². The fourth-order valence-electron chi connectivity index (χ4n) is 1.52. The largest absolute Gasteiger partial charge is 0.241 e. The number of sulfonamides is 1. The SMILES string of the molecule is C=CC(CCC)NS(=O)(=O)c1ccc(C)cc1. The Bertz CT molecular complexity index is 463. The van der Waals surface area contributed by atoms with E-state index in [0.717, 1.165) is 18.4 Å². The standard InChI is InChI=1S/C13H19NO2S/c1-4-6-12(5-2)14-17(15,16)13-9-7-11(3)8-10-13/h5,7-10,12,14H,2,4,6H2,1,3H3. The Balaban J connectivity index is 2.88. The average molecular weight is 253 g/mol. The van der Waals surface area contributed by atoms with Crippen LogP contribution < -0.4 is 4.72 Å². The molecule has 1 N–H and O–H groups in total. The van der Waals surface area contributed by atoms with E-state index in [1.165, 1.54) is 0 Å². The van der Waals surface area contributed by atoms with Gasteiger partial charge in [0.25, 0.3) is 0 Å². The molecule has 17 heavy (non-hydrogen) atoms. The molecule has 3 nitrogen and oxygen atoms in total. The molecule has 0 aliphatic heterocycles. The van der Waals surface area contributed by atoms with Crippen molar-refractivity contribution in [1.29, 1.82) is 0 Å². The Hall–Kier alpha value is -1.13. The van der Waals surface area contributed by atoms with Crippen LogP contribution in [-0.2, 0) is 10.0 Å². The monoisotopic (exact) mass is 253 g/mol. The molecule has 0 amide bonds. The lowest BCUT2D eigenvalue weighted by Crippen LogP contribution is -2.33. The fraction of sp³-hybridized carbons (Fsp3) is 0.385. The van der Waals surface area contributed by atoms with Crippen LogP contribution in [0.15, 0.2) is 41.8 Å². The van der Waals surface area contributed by atoms with E-state index >= 15 is 0 Å². The van der Waals surface area contributed by atoms with Gasteiger partial charge >= 0.3 is 0 Å². The van der Waals surface area contributed by atoms with Crippen LogP contribution in [-0.4, -0.2) is 14.5 Å². The molecule has 4 heteroatoms. The maximum Gasteiger partial charge on any atom is 0.241 e. The lowest BCUT2D eigenvalue weighted by atomic mass is 10.2. The Kier molecular flexibility index (Phi) is 4.90. The van der Waals surface area contributed by atoms with Crippen molar-refractivity contribution in [2.75, 3.05) is 0 Å². The Morgan fingerprint density at radius 1 is 1.35 bits per heavy atom. The van der Waals surface area contributed by atoms with Gasteiger partial charge in [0.15, 0.2) is 0 Å². The van der Waals surface area contributed by atoms with Crippen LogP contribution in [0.1, 0.15) is 25.3 Å². The predicted molar refractivity (Wildman–Crippen MR) is 70.4 cm³/mol. The van der Waals surface area contributed by atoms with Gasteiger partial charge in [0, 0.05) is 6.04 Å². The van der Waals surface area contributed by atoms with Crippen molar-refractivity contribution in [3.63, 3.8) is 0 Å². The van der Waals surface area contributed by atoms with E-state index in [9.17, 15) is 8.42 Å². The second-order valence-corrected chi connectivity index (χ2v) is 5.78. The second kappa shape index (κ2) is 5.98. The third kappa shape index (κ3) is 3.98. The number of aryl methyl sites for hydroxylation is 1. The minimum Gasteiger partial charge on any atom is -0.207 e. The van der Waals surface area contributed by atoms with Gasteiger partial charge in [0.05, 0.1) is 4.90 Å². The summed E-state index contributed by atoms with van der Waals surface area (Å²) in [5, 5.41) is 0. The van der Waals surface area contributed by atoms with E-state index in [4.69, 9.17) is 0 Å². The molecule has 0 aromatic heterocycles. The predicted octanol–water partition coefficient (Wildman–Crippen LogP) is 2.63. The number of hydrogen-bond donors (Lipinski definition) is 1. The van der Waals surface area contributed by atoms with Crippen molar-refractivity contribution < 1.29 is 8.42 Å². The fourth-order valence-corrected chi connectivity index (χ4v) is 2.76. The number of benzene rings is 1. The Labute approximate surface area is 104 Å². The smallest absolute Gasteiger partial charge is 0.207 e. The summed E-state index contributed by atoms with van der Waals surface area (Å²) in [6.07, 6.45) is 3.30. The van der Waals surface area contributed by atoms with E-state index in [1.807, 2.05) is 13.8 Å². The molecule has 0 aliphatic rings. The molecular formula is C13H19NO2S. The molecule has 1 aromatic rings. The van der Waals surface area contributed by atoms with Crippen LogP contribution in [0.4, 0.5) is 0 Å². The third-order valence-electron chi connectivity index (χ3n) is 2.52. The Morgan fingerprint density at radius 3 is 2.41 bits per heavy atom. The highest BCUT2D eigenvalue weighted by Crippen LogP contribution is 2.11. The van der Waals surface area contributed by atoms with Gasteiger partial charge in [0.2, 0.25) is 10.0 Å². The lowest BCUT2D eigenvalue weighted by Gasteiger charge is -2.14. The summed E-state index contributed by atoms with van der Waals surface area (Å²) in [7, 11) is -3.43. The molecule has 0 radical (unpaired) electrons. The molecular weight excluding hydrogens is 234 g/mol. The molecule has 1 unspecified atom stereocenters. The van der Waals surface area contributed by atoms with Crippen LogP contribution >= 0.6 is 0 Å². The van der Waals surface area contributed by atoms with Crippen molar-refractivity contribution in [2.45, 2.75) is 37.6 Å². The lowest BCUT2D eigenvalue weighted by molar-refractivity contribution is 0.560. The number of hydrogen-bond acceptors (Lipinski definition) is 2. The van der Waals surface area contributed by atoms with E-state index in [1.54, 1.807) is 30.3 Å².